The Morgan fingerprint density at radius 1 is 1.15 bits per heavy atom. The standard InChI is InChI=1S/C19H23ClN4O2/c1-12(2)11-22-19(26)15-6-5-14(10-16(15)20)23-18(25)13-7-8-21-17(9-13)24(3)4/h5-10,12H,11H2,1-4H3,(H,22,26)(H,23,25). The molecule has 2 amide bonds. The van der Waals surface area contributed by atoms with E-state index < -0.39 is 0 Å². The van der Waals surface area contributed by atoms with E-state index in [1.807, 2.05) is 32.8 Å². The molecule has 0 atom stereocenters. The highest BCUT2D eigenvalue weighted by atomic mass is 35.5. The molecule has 2 aromatic rings. The zero-order valence-electron chi connectivity index (χ0n) is 15.3. The molecule has 0 saturated heterocycles. The molecule has 2 rings (SSSR count). The zero-order valence-corrected chi connectivity index (χ0v) is 16.1. The SMILES string of the molecule is CC(C)CNC(=O)c1ccc(NC(=O)c2ccnc(N(C)C)c2)cc1Cl. The van der Waals surface area contributed by atoms with Gasteiger partial charge in [0.05, 0.1) is 10.6 Å². The third-order valence-electron chi connectivity index (χ3n) is 3.61. The summed E-state index contributed by atoms with van der Waals surface area (Å²) in [6.07, 6.45) is 1.58. The van der Waals surface area contributed by atoms with Crippen molar-refractivity contribution in [1.82, 2.24) is 10.3 Å². The van der Waals surface area contributed by atoms with Crippen LogP contribution in [0.25, 0.3) is 0 Å². The van der Waals surface area contributed by atoms with Crippen molar-refractivity contribution in [1.29, 1.82) is 0 Å². The van der Waals surface area contributed by atoms with Crippen molar-refractivity contribution >= 4 is 34.9 Å². The Kier molecular flexibility index (Phi) is 6.58. The number of nitrogens with zero attached hydrogens (tertiary/aromatic N) is 2. The van der Waals surface area contributed by atoms with Crippen LogP contribution >= 0.6 is 11.6 Å². The van der Waals surface area contributed by atoms with E-state index in [1.54, 1.807) is 36.5 Å². The molecule has 0 saturated carbocycles. The number of carbonyl (C=O) groups is 2. The quantitative estimate of drug-likeness (QED) is 0.812. The number of halogens is 1. The molecule has 0 fully saturated rings. The minimum Gasteiger partial charge on any atom is -0.363 e. The van der Waals surface area contributed by atoms with Crippen molar-refractivity contribution in [2.24, 2.45) is 5.92 Å². The third-order valence-corrected chi connectivity index (χ3v) is 3.92. The van der Waals surface area contributed by atoms with Gasteiger partial charge in [-0.2, -0.15) is 0 Å². The summed E-state index contributed by atoms with van der Waals surface area (Å²) in [4.78, 5) is 30.5. The summed E-state index contributed by atoms with van der Waals surface area (Å²) in [6, 6.07) is 8.16. The lowest BCUT2D eigenvalue weighted by atomic mass is 10.1. The van der Waals surface area contributed by atoms with E-state index in [0.29, 0.717) is 35.1 Å². The fourth-order valence-electron chi connectivity index (χ4n) is 2.18. The smallest absolute Gasteiger partial charge is 0.255 e. The molecule has 138 valence electrons. The number of anilines is 2. The summed E-state index contributed by atoms with van der Waals surface area (Å²) in [5, 5.41) is 5.88. The lowest BCUT2D eigenvalue weighted by Gasteiger charge is -2.13. The minimum atomic E-state index is -0.274. The molecule has 26 heavy (non-hydrogen) atoms. The average molecular weight is 375 g/mol. The van der Waals surface area contributed by atoms with Gasteiger partial charge in [0.1, 0.15) is 5.82 Å². The van der Waals surface area contributed by atoms with Gasteiger partial charge in [-0.3, -0.25) is 9.59 Å². The molecule has 0 unspecified atom stereocenters. The van der Waals surface area contributed by atoms with Crippen LogP contribution in [0.5, 0.6) is 0 Å². The maximum absolute atomic E-state index is 12.4. The lowest BCUT2D eigenvalue weighted by Crippen LogP contribution is -2.27. The van der Waals surface area contributed by atoms with Crippen LogP contribution in [0.3, 0.4) is 0 Å². The van der Waals surface area contributed by atoms with Crippen molar-refractivity contribution in [3.8, 4) is 0 Å². The van der Waals surface area contributed by atoms with Crippen LogP contribution in [0.4, 0.5) is 11.5 Å². The highest BCUT2D eigenvalue weighted by Gasteiger charge is 2.13. The Morgan fingerprint density at radius 2 is 1.88 bits per heavy atom. The van der Waals surface area contributed by atoms with E-state index >= 15 is 0 Å². The van der Waals surface area contributed by atoms with Crippen LogP contribution < -0.4 is 15.5 Å². The van der Waals surface area contributed by atoms with Crippen molar-refractivity contribution in [3.63, 3.8) is 0 Å². The number of nitrogens with one attached hydrogen (secondary N) is 2. The summed E-state index contributed by atoms with van der Waals surface area (Å²) in [5.41, 5.74) is 1.38. The average Bonchev–Trinajstić information content (AvgIpc) is 2.59. The second-order valence-electron chi connectivity index (χ2n) is 6.55. The van der Waals surface area contributed by atoms with E-state index in [1.165, 1.54) is 0 Å². The largest absolute Gasteiger partial charge is 0.363 e. The Labute approximate surface area is 158 Å². The van der Waals surface area contributed by atoms with Crippen molar-refractivity contribution < 1.29 is 9.59 Å². The highest BCUT2D eigenvalue weighted by Crippen LogP contribution is 2.22. The second kappa shape index (κ2) is 8.67. The Bertz CT molecular complexity index is 806. The number of amides is 2. The van der Waals surface area contributed by atoms with Gasteiger partial charge in [0.2, 0.25) is 0 Å². The molecule has 1 aromatic heterocycles. The molecular weight excluding hydrogens is 352 g/mol. The van der Waals surface area contributed by atoms with Crippen molar-refractivity contribution in [3.05, 3.63) is 52.7 Å². The molecule has 1 heterocycles. The predicted molar refractivity (Wildman–Crippen MR) is 105 cm³/mol. The predicted octanol–water partition coefficient (Wildman–Crippen LogP) is 3.44. The van der Waals surface area contributed by atoms with Crippen LogP contribution in [-0.4, -0.2) is 37.4 Å². The monoisotopic (exact) mass is 374 g/mol. The van der Waals surface area contributed by atoms with E-state index in [4.69, 9.17) is 11.6 Å². The maximum atomic E-state index is 12.4. The van der Waals surface area contributed by atoms with E-state index in [-0.39, 0.29) is 16.8 Å². The van der Waals surface area contributed by atoms with Crippen LogP contribution in [0, 0.1) is 5.92 Å². The van der Waals surface area contributed by atoms with E-state index in [9.17, 15) is 9.59 Å². The second-order valence-corrected chi connectivity index (χ2v) is 6.96. The van der Waals surface area contributed by atoms with Crippen LogP contribution in [0.1, 0.15) is 34.6 Å². The number of aromatic nitrogens is 1. The van der Waals surface area contributed by atoms with Gasteiger partial charge < -0.3 is 15.5 Å². The van der Waals surface area contributed by atoms with Crippen LogP contribution in [0.15, 0.2) is 36.5 Å². The van der Waals surface area contributed by atoms with Gasteiger partial charge in [-0.15, -0.1) is 0 Å². The molecule has 0 aliphatic rings. The molecule has 0 spiro atoms. The maximum Gasteiger partial charge on any atom is 0.255 e. The normalized spacial score (nSPS) is 10.5. The van der Waals surface area contributed by atoms with Gasteiger partial charge in [0, 0.05) is 38.1 Å². The Hall–Kier alpha value is -2.60. The van der Waals surface area contributed by atoms with Gasteiger partial charge in [0.25, 0.3) is 11.8 Å². The van der Waals surface area contributed by atoms with Crippen LogP contribution in [-0.2, 0) is 0 Å². The number of hydrogen-bond acceptors (Lipinski definition) is 4. The van der Waals surface area contributed by atoms with Gasteiger partial charge in [0.15, 0.2) is 0 Å². The first-order valence-corrected chi connectivity index (χ1v) is 8.68. The number of pyridine rings is 1. The number of hydrogen-bond donors (Lipinski definition) is 2. The summed E-state index contributed by atoms with van der Waals surface area (Å²) in [6.45, 7) is 4.60. The molecule has 7 heteroatoms. The Balaban J connectivity index is 2.10. The lowest BCUT2D eigenvalue weighted by molar-refractivity contribution is 0.0948. The molecule has 6 nitrogen and oxygen atoms in total. The highest BCUT2D eigenvalue weighted by molar-refractivity contribution is 6.34. The summed E-state index contributed by atoms with van der Waals surface area (Å²) < 4.78 is 0. The third kappa shape index (κ3) is 5.20. The molecular formula is C19H23ClN4O2. The van der Waals surface area contributed by atoms with Gasteiger partial charge in [-0.25, -0.2) is 4.98 Å². The summed E-state index contributed by atoms with van der Waals surface area (Å²) in [7, 11) is 3.71. The molecule has 0 aliphatic carbocycles. The first-order chi connectivity index (χ1) is 12.3. The van der Waals surface area contributed by atoms with Gasteiger partial charge in [-0.05, 0) is 36.2 Å². The Morgan fingerprint density at radius 3 is 2.50 bits per heavy atom. The van der Waals surface area contributed by atoms with E-state index in [2.05, 4.69) is 15.6 Å². The molecule has 0 aliphatic heterocycles. The minimum absolute atomic E-state index is 0.230. The van der Waals surface area contributed by atoms with Crippen molar-refractivity contribution in [2.45, 2.75) is 13.8 Å². The fraction of sp³-hybridized carbons (Fsp3) is 0.316. The van der Waals surface area contributed by atoms with E-state index in [0.717, 1.165) is 0 Å². The molecule has 2 N–H and O–H groups in total. The fourth-order valence-corrected chi connectivity index (χ4v) is 2.44. The first kappa shape index (κ1) is 19.7. The van der Waals surface area contributed by atoms with Gasteiger partial charge in [-0.1, -0.05) is 25.4 Å². The molecule has 0 radical (unpaired) electrons. The topological polar surface area (TPSA) is 74.3 Å². The summed E-state index contributed by atoms with van der Waals surface area (Å²) in [5.74, 6) is 0.534. The zero-order chi connectivity index (χ0) is 19.3. The summed E-state index contributed by atoms with van der Waals surface area (Å²) >= 11 is 6.21. The van der Waals surface area contributed by atoms with Crippen molar-refractivity contribution in [2.75, 3.05) is 30.9 Å². The number of benzene rings is 1. The van der Waals surface area contributed by atoms with Crippen LogP contribution in [0.2, 0.25) is 5.02 Å². The number of carbonyl (C=O) groups excluding carboxylic acids is 2. The van der Waals surface area contributed by atoms with Gasteiger partial charge >= 0.3 is 0 Å². The number of rotatable bonds is 6. The molecule has 0 bridgehead atoms. The molecule has 1 aromatic carbocycles. The first-order valence-electron chi connectivity index (χ1n) is 8.30.